The third-order valence-electron chi connectivity index (χ3n) is 3.09. The van der Waals surface area contributed by atoms with Gasteiger partial charge in [0.2, 0.25) is 10.0 Å². The van der Waals surface area contributed by atoms with E-state index in [4.69, 9.17) is 0 Å². The molecule has 0 aromatic carbocycles. The molecular weight excluding hydrogens is 266 g/mol. The average Bonchev–Trinajstić information content (AvgIpc) is 2.84. The Labute approximate surface area is 113 Å². The minimum Gasteiger partial charge on any atom is -0.392 e. The highest BCUT2D eigenvalue weighted by Crippen LogP contribution is 2.26. The molecule has 0 saturated carbocycles. The van der Waals surface area contributed by atoms with Gasteiger partial charge in [-0.25, -0.2) is 8.42 Å². The number of sulfonamides is 1. The lowest BCUT2D eigenvalue weighted by atomic mass is 10.3. The van der Waals surface area contributed by atoms with Crippen LogP contribution in [0.1, 0.15) is 19.8 Å². The predicted octanol–water partition coefficient (Wildman–Crippen LogP) is 0.659. The molecule has 0 aliphatic carbocycles. The van der Waals surface area contributed by atoms with E-state index in [1.54, 1.807) is 12.3 Å². The van der Waals surface area contributed by atoms with Gasteiger partial charge in [0.05, 0.1) is 11.8 Å². The zero-order chi connectivity index (χ0) is 13.9. The van der Waals surface area contributed by atoms with E-state index < -0.39 is 16.1 Å². The van der Waals surface area contributed by atoms with Gasteiger partial charge in [-0.05, 0) is 18.9 Å². The molecule has 6 nitrogen and oxygen atoms in total. The number of nitrogens with one attached hydrogen (secondary N) is 1. The molecular formula is C12H19N3O3S. The summed E-state index contributed by atoms with van der Waals surface area (Å²) in [6.45, 7) is 3.23. The number of hydrogen-bond acceptors (Lipinski definition) is 5. The molecule has 1 aliphatic rings. The van der Waals surface area contributed by atoms with Crippen LogP contribution in [0.2, 0.25) is 0 Å². The lowest BCUT2D eigenvalue weighted by Crippen LogP contribution is -2.30. The first-order chi connectivity index (χ1) is 9.05. The number of aliphatic hydroxyl groups is 1. The number of β-amino-alcohol motifs (C(OH)–C–C–N with tert-alkyl or cyclic N) is 1. The molecule has 2 rings (SSSR count). The first kappa shape index (κ1) is 14.2. The standard InChI is InChI=1S/C12H19N3O3S/c1-2-5-14-11-3-6-13-8-12(11)19(17,18)15-7-4-10(16)9-15/h3,6,8,10,16H,2,4-5,7,9H2,1H3,(H,13,14). The zero-order valence-corrected chi connectivity index (χ0v) is 11.7. The van der Waals surface area contributed by atoms with E-state index in [9.17, 15) is 13.5 Å². The van der Waals surface area contributed by atoms with Crippen molar-refractivity contribution in [3.63, 3.8) is 0 Å². The summed E-state index contributed by atoms with van der Waals surface area (Å²) in [6, 6.07) is 1.66. The van der Waals surface area contributed by atoms with E-state index in [1.807, 2.05) is 6.92 Å². The molecule has 7 heteroatoms. The zero-order valence-electron chi connectivity index (χ0n) is 10.9. The highest BCUT2D eigenvalue weighted by atomic mass is 32.2. The Morgan fingerprint density at radius 1 is 1.58 bits per heavy atom. The number of aliphatic hydroxyl groups excluding tert-OH is 1. The highest BCUT2D eigenvalue weighted by Gasteiger charge is 2.33. The smallest absolute Gasteiger partial charge is 0.246 e. The van der Waals surface area contributed by atoms with Crippen LogP contribution in [0, 0.1) is 0 Å². The lowest BCUT2D eigenvalue weighted by Gasteiger charge is -2.18. The maximum atomic E-state index is 12.5. The molecule has 1 saturated heterocycles. The quantitative estimate of drug-likeness (QED) is 0.830. The number of aromatic nitrogens is 1. The maximum Gasteiger partial charge on any atom is 0.246 e. The number of anilines is 1. The number of rotatable bonds is 5. The molecule has 1 aromatic heterocycles. The van der Waals surface area contributed by atoms with Crippen LogP contribution < -0.4 is 5.32 Å². The summed E-state index contributed by atoms with van der Waals surface area (Å²) < 4.78 is 26.3. The van der Waals surface area contributed by atoms with Gasteiger partial charge in [-0.15, -0.1) is 0 Å². The third kappa shape index (κ3) is 3.05. The second-order valence-corrected chi connectivity index (χ2v) is 6.51. The van der Waals surface area contributed by atoms with Crippen LogP contribution in [0.5, 0.6) is 0 Å². The van der Waals surface area contributed by atoms with Gasteiger partial charge in [0, 0.05) is 32.0 Å². The number of hydrogen-bond donors (Lipinski definition) is 2. The Morgan fingerprint density at radius 2 is 2.37 bits per heavy atom. The predicted molar refractivity (Wildman–Crippen MR) is 72.4 cm³/mol. The highest BCUT2D eigenvalue weighted by molar-refractivity contribution is 7.89. The van der Waals surface area contributed by atoms with E-state index in [1.165, 1.54) is 10.5 Å². The van der Waals surface area contributed by atoms with Crippen LogP contribution in [-0.4, -0.2) is 48.6 Å². The molecule has 1 fully saturated rings. The lowest BCUT2D eigenvalue weighted by molar-refractivity contribution is 0.189. The van der Waals surface area contributed by atoms with Gasteiger partial charge in [0.25, 0.3) is 0 Å². The summed E-state index contributed by atoms with van der Waals surface area (Å²) in [5.74, 6) is 0. The summed E-state index contributed by atoms with van der Waals surface area (Å²) in [4.78, 5) is 4.08. The molecule has 0 spiro atoms. The van der Waals surface area contributed by atoms with Crippen LogP contribution in [0.4, 0.5) is 5.69 Å². The van der Waals surface area contributed by atoms with Crippen LogP contribution in [0.15, 0.2) is 23.4 Å². The van der Waals surface area contributed by atoms with Crippen LogP contribution in [-0.2, 0) is 10.0 Å². The SMILES string of the molecule is CCCNc1ccncc1S(=O)(=O)N1CCC(O)C1. The van der Waals surface area contributed by atoms with Gasteiger partial charge in [-0.3, -0.25) is 4.98 Å². The summed E-state index contributed by atoms with van der Waals surface area (Å²) >= 11 is 0. The van der Waals surface area contributed by atoms with Crippen molar-refractivity contribution in [2.75, 3.05) is 25.0 Å². The van der Waals surface area contributed by atoms with Gasteiger partial charge in [0.1, 0.15) is 4.90 Å². The van der Waals surface area contributed by atoms with E-state index in [-0.39, 0.29) is 11.4 Å². The first-order valence-electron chi connectivity index (χ1n) is 6.41. The van der Waals surface area contributed by atoms with Gasteiger partial charge < -0.3 is 10.4 Å². The van der Waals surface area contributed by atoms with E-state index in [2.05, 4.69) is 10.3 Å². The maximum absolute atomic E-state index is 12.5. The minimum atomic E-state index is -3.58. The molecule has 19 heavy (non-hydrogen) atoms. The second-order valence-electron chi connectivity index (χ2n) is 4.60. The van der Waals surface area contributed by atoms with Gasteiger partial charge in [-0.1, -0.05) is 6.92 Å². The molecule has 0 radical (unpaired) electrons. The minimum absolute atomic E-state index is 0.157. The topological polar surface area (TPSA) is 82.5 Å². The summed E-state index contributed by atoms with van der Waals surface area (Å²) in [5, 5.41) is 12.6. The van der Waals surface area contributed by atoms with Crippen LogP contribution in [0.25, 0.3) is 0 Å². The summed E-state index contributed by atoms with van der Waals surface area (Å²) in [7, 11) is -3.58. The summed E-state index contributed by atoms with van der Waals surface area (Å²) in [6.07, 6.45) is 3.74. The Bertz CT molecular complexity index is 533. The Kier molecular flexibility index (Phi) is 4.38. The molecule has 1 aliphatic heterocycles. The normalized spacial score (nSPS) is 20.6. The molecule has 2 heterocycles. The van der Waals surface area contributed by atoms with Crippen molar-refractivity contribution in [1.29, 1.82) is 0 Å². The van der Waals surface area contributed by atoms with Gasteiger partial charge in [0.15, 0.2) is 0 Å². The van der Waals surface area contributed by atoms with Crippen molar-refractivity contribution < 1.29 is 13.5 Å². The molecule has 1 atom stereocenters. The van der Waals surface area contributed by atoms with Crippen molar-refractivity contribution >= 4 is 15.7 Å². The van der Waals surface area contributed by atoms with Crippen molar-refractivity contribution in [1.82, 2.24) is 9.29 Å². The largest absolute Gasteiger partial charge is 0.392 e. The van der Waals surface area contributed by atoms with Crippen molar-refractivity contribution in [2.24, 2.45) is 0 Å². The molecule has 1 aromatic rings. The summed E-state index contributed by atoms with van der Waals surface area (Å²) in [5.41, 5.74) is 0.568. The van der Waals surface area contributed by atoms with E-state index in [0.717, 1.165) is 6.42 Å². The average molecular weight is 285 g/mol. The molecule has 1 unspecified atom stereocenters. The van der Waals surface area contributed by atoms with Crippen molar-refractivity contribution in [3.05, 3.63) is 18.5 Å². The fourth-order valence-electron chi connectivity index (χ4n) is 2.06. The Hall–Kier alpha value is -1.18. The number of nitrogens with zero attached hydrogens (tertiary/aromatic N) is 2. The fraction of sp³-hybridized carbons (Fsp3) is 0.583. The van der Waals surface area contributed by atoms with E-state index >= 15 is 0 Å². The second kappa shape index (κ2) is 5.85. The molecule has 106 valence electrons. The van der Waals surface area contributed by atoms with Crippen LogP contribution >= 0.6 is 0 Å². The third-order valence-corrected chi connectivity index (χ3v) is 4.99. The molecule has 0 bridgehead atoms. The monoisotopic (exact) mass is 285 g/mol. The van der Waals surface area contributed by atoms with Crippen LogP contribution in [0.3, 0.4) is 0 Å². The fourth-order valence-corrected chi connectivity index (χ4v) is 3.66. The van der Waals surface area contributed by atoms with Gasteiger partial charge in [-0.2, -0.15) is 4.31 Å². The Morgan fingerprint density at radius 3 is 3.00 bits per heavy atom. The van der Waals surface area contributed by atoms with Crippen molar-refractivity contribution in [2.45, 2.75) is 30.8 Å². The Balaban J connectivity index is 2.29. The van der Waals surface area contributed by atoms with Gasteiger partial charge >= 0.3 is 0 Å². The van der Waals surface area contributed by atoms with E-state index in [0.29, 0.717) is 25.2 Å². The first-order valence-corrected chi connectivity index (χ1v) is 7.85. The molecule has 0 amide bonds. The number of pyridine rings is 1. The molecule has 2 N–H and O–H groups in total. The van der Waals surface area contributed by atoms with Crippen molar-refractivity contribution in [3.8, 4) is 0 Å².